The molecule has 0 spiro atoms. The minimum absolute atomic E-state index is 0.0000695. The van der Waals surface area contributed by atoms with E-state index in [1.807, 2.05) is 0 Å². The van der Waals surface area contributed by atoms with Gasteiger partial charge in [-0.1, -0.05) is 227 Å². The smallest absolute Gasteiger partial charge is 0.252 e. The summed E-state index contributed by atoms with van der Waals surface area (Å²) in [6.07, 6.45) is 2.30. The quantitative estimate of drug-likeness (QED) is 0.147. The van der Waals surface area contributed by atoms with Crippen molar-refractivity contribution in [3.05, 3.63) is 208 Å². The molecular weight excluding hydrogens is 928 g/mol. The van der Waals surface area contributed by atoms with Crippen LogP contribution in [0.5, 0.6) is 0 Å². The molecule has 0 radical (unpaired) electrons. The molecule has 3 aliphatic rings. The fourth-order valence-electron chi connectivity index (χ4n) is 12.9. The molecule has 2 heterocycles. The Hall–Kier alpha value is -6.58. The van der Waals surface area contributed by atoms with Crippen molar-refractivity contribution in [1.82, 2.24) is 0 Å². The van der Waals surface area contributed by atoms with Crippen LogP contribution in [0.15, 0.2) is 164 Å². The van der Waals surface area contributed by atoms with Gasteiger partial charge in [0.25, 0.3) is 6.71 Å². The third-order valence-corrected chi connectivity index (χ3v) is 18.3. The van der Waals surface area contributed by atoms with Gasteiger partial charge in [-0.3, -0.25) is 0 Å². The first-order chi connectivity index (χ1) is 36.1. The molecule has 8 aromatic rings. The van der Waals surface area contributed by atoms with Gasteiger partial charge in [0.2, 0.25) is 0 Å². The van der Waals surface area contributed by atoms with Crippen molar-refractivity contribution in [1.29, 1.82) is 0 Å². The van der Waals surface area contributed by atoms with Gasteiger partial charge in [0.05, 0.1) is 5.69 Å². The normalized spacial score (nSPS) is 15.7. The molecule has 0 saturated heterocycles. The molecule has 3 heteroatoms. The van der Waals surface area contributed by atoms with Gasteiger partial charge in [-0.2, -0.15) is 0 Å². The van der Waals surface area contributed by atoms with Crippen molar-refractivity contribution in [2.75, 3.05) is 9.80 Å². The Morgan fingerprint density at radius 3 is 1.52 bits per heavy atom. The Kier molecular flexibility index (Phi) is 12.4. The van der Waals surface area contributed by atoms with E-state index in [1.165, 1.54) is 117 Å². The van der Waals surface area contributed by atoms with Crippen LogP contribution in [0.1, 0.15) is 181 Å². The summed E-state index contributed by atoms with van der Waals surface area (Å²) in [5.41, 5.74) is 27.3. The maximum absolute atomic E-state index is 2.73. The Bertz CT molecular complexity index is 3570. The van der Waals surface area contributed by atoms with Gasteiger partial charge < -0.3 is 9.80 Å². The van der Waals surface area contributed by atoms with Crippen LogP contribution in [-0.2, 0) is 32.5 Å². The zero-order valence-corrected chi connectivity index (χ0v) is 49.6. The van der Waals surface area contributed by atoms with E-state index in [0.29, 0.717) is 0 Å². The number of hydrogen-bond acceptors (Lipinski definition) is 2. The predicted octanol–water partition coefficient (Wildman–Crippen LogP) is 18.8. The maximum Gasteiger partial charge on any atom is 0.252 e. The van der Waals surface area contributed by atoms with Gasteiger partial charge >= 0.3 is 0 Å². The molecular formula is C74H83BN2. The van der Waals surface area contributed by atoms with Crippen LogP contribution >= 0.6 is 0 Å². The highest BCUT2D eigenvalue weighted by Gasteiger charge is 2.47. The van der Waals surface area contributed by atoms with E-state index >= 15 is 0 Å². The fraction of sp³-hybridized carbons (Fsp3) is 0.351. The molecule has 77 heavy (non-hydrogen) atoms. The first-order valence-electron chi connectivity index (χ1n) is 28.8. The van der Waals surface area contributed by atoms with Crippen LogP contribution in [0.25, 0.3) is 22.3 Å². The van der Waals surface area contributed by atoms with Gasteiger partial charge in [0, 0.05) is 39.4 Å². The van der Waals surface area contributed by atoms with Gasteiger partial charge in [-0.15, -0.1) is 0 Å². The summed E-state index contributed by atoms with van der Waals surface area (Å²) in [5.74, 6) is 0.283. The largest absolute Gasteiger partial charge is 0.311 e. The molecule has 11 rings (SSSR count). The van der Waals surface area contributed by atoms with E-state index in [2.05, 4.69) is 291 Å². The van der Waals surface area contributed by atoms with Gasteiger partial charge in [-0.25, -0.2) is 0 Å². The van der Waals surface area contributed by atoms with E-state index in [9.17, 15) is 0 Å². The van der Waals surface area contributed by atoms with Crippen LogP contribution < -0.4 is 26.2 Å². The summed E-state index contributed by atoms with van der Waals surface area (Å²) >= 11 is 0. The molecule has 0 aromatic heterocycles. The monoisotopic (exact) mass is 1010 g/mol. The van der Waals surface area contributed by atoms with Crippen molar-refractivity contribution in [2.24, 2.45) is 0 Å². The second kappa shape index (κ2) is 18.3. The van der Waals surface area contributed by atoms with Crippen LogP contribution in [-0.4, -0.2) is 6.71 Å². The molecule has 0 fully saturated rings. The fourth-order valence-corrected chi connectivity index (χ4v) is 12.9. The second-order valence-corrected chi connectivity index (χ2v) is 28.4. The summed E-state index contributed by atoms with van der Waals surface area (Å²) in [4.78, 5) is 5.35. The number of nitrogens with zero attached hydrogens (tertiary/aromatic N) is 2. The van der Waals surface area contributed by atoms with Crippen LogP contribution in [0.2, 0.25) is 0 Å². The van der Waals surface area contributed by atoms with Crippen molar-refractivity contribution in [3.8, 4) is 22.3 Å². The molecule has 0 amide bonds. The number of anilines is 6. The van der Waals surface area contributed by atoms with Gasteiger partial charge in [0.1, 0.15) is 0 Å². The second-order valence-electron chi connectivity index (χ2n) is 28.4. The Balaban J connectivity index is 1.25. The summed E-state index contributed by atoms with van der Waals surface area (Å²) in [7, 11) is 0. The van der Waals surface area contributed by atoms with Gasteiger partial charge in [0.15, 0.2) is 0 Å². The minimum atomic E-state index is -0.238. The summed E-state index contributed by atoms with van der Waals surface area (Å²) in [5, 5.41) is 0. The average molecular weight is 1010 g/mol. The molecule has 392 valence electrons. The molecule has 0 atom stereocenters. The molecule has 2 nitrogen and oxygen atoms in total. The first kappa shape index (κ1) is 52.5. The van der Waals surface area contributed by atoms with Crippen LogP contribution in [0, 0.1) is 0 Å². The zero-order chi connectivity index (χ0) is 54.9. The summed E-state index contributed by atoms with van der Waals surface area (Å²) < 4.78 is 0. The molecule has 0 N–H and O–H groups in total. The third-order valence-electron chi connectivity index (χ3n) is 18.3. The molecule has 1 aliphatic carbocycles. The minimum Gasteiger partial charge on any atom is -0.311 e. The first-order valence-corrected chi connectivity index (χ1v) is 28.8. The highest BCUT2D eigenvalue weighted by Crippen LogP contribution is 2.53. The molecule has 0 bridgehead atoms. The van der Waals surface area contributed by atoms with E-state index in [0.717, 1.165) is 12.8 Å². The van der Waals surface area contributed by atoms with Crippen molar-refractivity contribution < 1.29 is 0 Å². The Morgan fingerprint density at radius 1 is 0.403 bits per heavy atom. The highest BCUT2D eigenvalue weighted by atomic mass is 15.2. The summed E-state index contributed by atoms with van der Waals surface area (Å²) in [6.45, 7) is 40.4. The molecule has 0 unspecified atom stereocenters. The van der Waals surface area contributed by atoms with E-state index in [4.69, 9.17) is 0 Å². The highest BCUT2D eigenvalue weighted by molar-refractivity contribution is 7.00. The lowest BCUT2D eigenvalue weighted by atomic mass is 9.32. The lowest BCUT2D eigenvalue weighted by Crippen LogP contribution is -2.62. The van der Waals surface area contributed by atoms with Crippen LogP contribution in [0.3, 0.4) is 0 Å². The van der Waals surface area contributed by atoms with Crippen LogP contribution in [0.4, 0.5) is 34.1 Å². The van der Waals surface area contributed by atoms with E-state index in [-0.39, 0.29) is 45.1 Å². The molecule has 8 aromatic carbocycles. The number of hydrogen-bond donors (Lipinski definition) is 0. The number of fused-ring (bicyclic) bond motifs is 5. The maximum atomic E-state index is 2.73. The van der Waals surface area contributed by atoms with Crippen molar-refractivity contribution in [3.63, 3.8) is 0 Å². The Morgan fingerprint density at radius 2 is 0.922 bits per heavy atom. The van der Waals surface area contributed by atoms with Gasteiger partial charge in [-0.05, 0) is 178 Å². The number of rotatable bonds is 7. The lowest BCUT2D eigenvalue weighted by molar-refractivity contribution is 0.332. The Labute approximate surface area is 464 Å². The molecule has 2 aliphatic heterocycles. The molecule has 0 saturated carbocycles. The average Bonchev–Trinajstić information content (AvgIpc) is 3.48. The predicted molar refractivity (Wildman–Crippen MR) is 335 cm³/mol. The standard InChI is InChI=1S/C74H83BN2/c1-47(2)51-41-66-68-67(42-51)77(63-36-32-55(71(9,10)11)43-58(63)50-23-21-22-49(40-50)48-26-28-52(29-27-48)69(3,4)5)65-46-60-59(72(12,13)38-39-73(60,14)15)45-62(65)75(68)61-44-56(74(16,17)54-24-19-18-20-25-54)33-37-64(61)76(66)57-34-30-53(31-35-57)70(6,7)8/h18-37,40-47H,38-39H2,1-17H3. The number of benzene rings is 8. The van der Waals surface area contributed by atoms with Crippen molar-refractivity contribution >= 4 is 57.2 Å². The topological polar surface area (TPSA) is 6.48 Å². The zero-order valence-electron chi connectivity index (χ0n) is 49.6. The third kappa shape index (κ3) is 9.08. The van der Waals surface area contributed by atoms with E-state index < -0.39 is 0 Å². The SMILES string of the molecule is CC(C)c1cc2c3c(c1)N(c1ccc(C(C)(C)C)cc1-c1cccc(-c4ccc(C(C)(C)C)cc4)c1)c1cc4c(cc1B3c1cc(C(C)(C)c3ccccc3)ccc1N2c1ccc(C(C)(C)C)cc1)C(C)(C)CCC4(C)C. The van der Waals surface area contributed by atoms with Crippen molar-refractivity contribution in [2.45, 2.75) is 169 Å². The van der Waals surface area contributed by atoms with E-state index in [1.54, 1.807) is 0 Å². The lowest BCUT2D eigenvalue weighted by Gasteiger charge is -2.48. The summed E-state index contributed by atoms with van der Waals surface area (Å²) in [6, 6.07) is 64.6.